The molecule has 0 radical (unpaired) electrons. The zero-order valence-corrected chi connectivity index (χ0v) is 10.2. The normalized spacial score (nSPS) is 20.6. The van der Waals surface area contributed by atoms with Gasteiger partial charge in [-0.25, -0.2) is 4.39 Å². The second-order valence-electron chi connectivity index (χ2n) is 4.57. The Kier molecular flexibility index (Phi) is 3.61. The van der Waals surface area contributed by atoms with Crippen molar-refractivity contribution in [2.75, 3.05) is 13.1 Å². The highest BCUT2D eigenvalue weighted by atomic mass is 19.1. The maximum atomic E-state index is 12.8. The Bertz CT molecular complexity index is 400. The van der Waals surface area contributed by atoms with Gasteiger partial charge in [0.15, 0.2) is 5.96 Å². The lowest BCUT2D eigenvalue weighted by Gasteiger charge is -2.14. The van der Waals surface area contributed by atoms with Crippen molar-refractivity contribution >= 4 is 5.96 Å². The Morgan fingerprint density at radius 3 is 2.76 bits per heavy atom. The first-order chi connectivity index (χ1) is 8.15. The van der Waals surface area contributed by atoms with Gasteiger partial charge in [-0.2, -0.15) is 0 Å². The summed E-state index contributed by atoms with van der Waals surface area (Å²) in [7, 11) is 0. The second-order valence-corrected chi connectivity index (χ2v) is 4.57. The Morgan fingerprint density at radius 1 is 1.47 bits per heavy atom. The van der Waals surface area contributed by atoms with Crippen LogP contribution in [0.1, 0.15) is 25.3 Å². The first-order valence-corrected chi connectivity index (χ1v) is 5.95. The Hall–Kier alpha value is -1.58. The summed E-state index contributed by atoms with van der Waals surface area (Å²) >= 11 is 0. The zero-order chi connectivity index (χ0) is 12.3. The van der Waals surface area contributed by atoms with Crippen LogP contribution in [0, 0.1) is 5.82 Å². The largest absolute Gasteiger partial charge is 0.356 e. The smallest absolute Gasteiger partial charge is 0.191 e. The van der Waals surface area contributed by atoms with E-state index >= 15 is 0 Å². The van der Waals surface area contributed by atoms with E-state index in [9.17, 15) is 4.39 Å². The molecule has 0 bridgehead atoms. The maximum absolute atomic E-state index is 12.8. The molecular weight excluding hydrogens is 217 g/mol. The molecule has 0 spiro atoms. The third-order valence-corrected chi connectivity index (χ3v) is 2.92. The summed E-state index contributed by atoms with van der Waals surface area (Å²) in [5.41, 5.74) is 1.13. The number of rotatable bonds is 3. The molecule has 0 amide bonds. The van der Waals surface area contributed by atoms with Crippen LogP contribution in [-0.4, -0.2) is 25.1 Å². The van der Waals surface area contributed by atoms with Crippen molar-refractivity contribution in [2.45, 2.75) is 25.8 Å². The molecule has 2 unspecified atom stereocenters. The van der Waals surface area contributed by atoms with Crippen molar-refractivity contribution in [1.29, 1.82) is 0 Å². The van der Waals surface area contributed by atoms with E-state index in [1.807, 2.05) is 12.1 Å². The first kappa shape index (κ1) is 11.9. The van der Waals surface area contributed by atoms with E-state index in [4.69, 9.17) is 0 Å². The number of nitrogens with one attached hydrogen (secondary N) is 2. The molecule has 0 saturated heterocycles. The second kappa shape index (κ2) is 5.17. The number of nitrogens with zero attached hydrogens (tertiary/aromatic N) is 1. The van der Waals surface area contributed by atoms with Gasteiger partial charge in [0.05, 0.1) is 6.54 Å². The van der Waals surface area contributed by atoms with Gasteiger partial charge in [-0.05, 0) is 30.5 Å². The minimum Gasteiger partial charge on any atom is -0.356 e. The van der Waals surface area contributed by atoms with Gasteiger partial charge in [0.2, 0.25) is 0 Å². The Balaban J connectivity index is 1.85. The molecule has 0 fully saturated rings. The van der Waals surface area contributed by atoms with Crippen molar-refractivity contribution in [1.82, 2.24) is 10.6 Å². The van der Waals surface area contributed by atoms with Gasteiger partial charge in [0.1, 0.15) is 5.82 Å². The summed E-state index contributed by atoms with van der Waals surface area (Å²) in [5, 5.41) is 6.52. The van der Waals surface area contributed by atoms with E-state index < -0.39 is 0 Å². The van der Waals surface area contributed by atoms with Gasteiger partial charge in [-0.3, -0.25) is 4.99 Å². The molecule has 2 N–H and O–H groups in total. The maximum Gasteiger partial charge on any atom is 0.191 e. The van der Waals surface area contributed by atoms with Crippen molar-refractivity contribution in [3.05, 3.63) is 35.6 Å². The molecule has 1 aliphatic heterocycles. The number of hydrogen-bond acceptors (Lipinski definition) is 3. The van der Waals surface area contributed by atoms with E-state index in [1.54, 1.807) is 0 Å². The third-order valence-electron chi connectivity index (χ3n) is 2.92. The van der Waals surface area contributed by atoms with Crippen LogP contribution in [0.15, 0.2) is 29.3 Å². The topological polar surface area (TPSA) is 36.4 Å². The molecule has 17 heavy (non-hydrogen) atoms. The van der Waals surface area contributed by atoms with Crippen molar-refractivity contribution < 1.29 is 4.39 Å². The molecule has 1 aromatic rings. The lowest BCUT2D eigenvalue weighted by Crippen LogP contribution is -2.39. The van der Waals surface area contributed by atoms with Crippen LogP contribution >= 0.6 is 0 Å². The summed E-state index contributed by atoms with van der Waals surface area (Å²) in [4.78, 5) is 4.33. The van der Waals surface area contributed by atoms with Crippen molar-refractivity contribution in [3.8, 4) is 0 Å². The molecule has 0 aromatic heterocycles. The van der Waals surface area contributed by atoms with E-state index in [0.29, 0.717) is 12.0 Å². The monoisotopic (exact) mass is 235 g/mol. The van der Waals surface area contributed by atoms with Gasteiger partial charge in [-0.1, -0.05) is 19.1 Å². The molecule has 4 heteroatoms. The van der Waals surface area contributed by atoms with Crippen molar-refractivity contribution in [3.63, 3.8) is 0 Å². The minimum absolute atomic E-state index is 0.190. The summed E-state index contributed by atoms with van der Waals surface area (Å²) in [6.07, 6.45) is 0. The Morgan fingerprint density at radius 2 is 2.18 bits per heavy atom. The van der Waals surface area contributed by atoms with Crippen LogP contribution in [0.4, 0.5) is 4.39 Å². The molecular formula is C13H18FN3. The standard InChI is InChI=1S/C13H18FN3/c1-9(11-3-5-12(14)6-4-11)7-15-13-16-8-10(2)17-13/h3-6,9-10H,7-8H2,1-2H3,(H2,15,16,17). The summed E-state index contributed by atoms with van der Waals surface area (Å²) in [6, 6.07) is 7.07. The van der Waals surface area contributed by atoms with Crippen LogP contribution < -0.4 is 10.6 Å². The summed E-state index contributed by atoms with van der Waals surface area (Å²) in [5.74, 6) is 1.01. The number of aliphatic imine (C=N–C) groups is 1. The molecule has 1 heterocycles. The highest BCUT2D eigenvalue weighted by molar-refractivity contribution is 5.81. The predicted octanol–water partition coefficient (Wildman–Crippen LogP) is 1.87. The summed E-state index contributed by atoms with van der Waals surface area (Å²) < 4.78 is 12.8. The molecule has 2 atom stereocenters. The fourth-order valence-electron chi connectivity index (χ4n) is 1.82. The van der Waals surface area contributed by atoms with Gasteiger partial charge in [0.25, 0.3) is 0 Å². The van der Waals surface area contributed by atoms with Crippen LogP contribution in [0.5, 0.6) is 0 Å². The van der Waals surface area contributed by atoms with Gasteiger partial charge < -0.3 is 10.6 Å². The van der Waals surface area contributed by atoms with Crippen LogP contribution in [0.2, 0.25) is 0 Å². The number of halogens is 1. The quantitative estimate of drug-likeness (QED) is 0.839. The van der Waals surface area contributed by atoms with E-state index in [-0.39, 0.29) is 5.82 Å². The molecule has 92 valence electrons. The van der Waals surface area contributed by atoms with Gasteiger partial charge in [0, 0.05) is 12.6 Å². The molecule has 0 saturated carbocycles. The predicted molar refractivity (Wildman–Crippen MR) is 67.7 cm³/mol. The fraction of sp³-hybridized carbons (Fsp3) is 0.462. The van der Waals surface area contributed by atoms with Gasteiger partial charge >= 0.3 is 0 Å². The third kappa shape index (κ3) is 3.19. The zero-order valence-electron chi connectivity index (χ0n) is 10.2. The molecule has 0 aliphatic carbocycles. The summed E-state index contributed by atoms with van der Waals surface area (Å²) in [6.45, 7) is 5.83. The van der Waals surface area contributed by atoms with E-state index in [2.05, 4.69) is 29.5 Å². The Labute approximate surface area is 101 Å². The number of hydrogen-bond donors (Lipinski definition) is 2. The van der Waals surface area contributed by atoms with Crippen LogP contribution in [0.25, 0.3) is 0 Å². The molecule has 1 aliphatic rings. The molecule has 3 nitrogen and oxygen atoms in total. The number of benzene rings is 1. The highest BCUT2D eigenvalue weighted by Gasteiger charge is 2.13. The molecule has 2 rings (SSSR count). The SMILES string of the molecule is CC1CN=C(NCC(C)c2ccc(F)cc2)N1. The van der Waals surface area contributed by atoms with E-state index in [1.165, 1.54) is 12.1 Å². The first-order valence-electron chi connectivity index (χ1n) is 5.95. The highest BCUT2D eigenvalue weighted by Crippen LogP contribution is 2.14. The van der Waals surface area contributed by atoms with E-state index in [0.717, 1.165) is 24.6 Å². The van der Waals surface area contributed by atoms with Crippen LogP contribution in [0.3, 0.4) is 0 Å². The van der Waals surface area contributed by atoms with Crippen LogP contribution in [-0.2, 0) is 0 Å². The lowest BCUT2D eigenvalue weighted by atomic mass is 10.0. The lowest BCUT2D eigenvalue weighted by molar-refractivity contribution is 0.624. The van der Waals surface area contributed by atoms with Crippen molar-refractivity contribution in [2.24, 2.45) is 4.99 Å². The molecule has 1 aromatic carbocycles. The average Bonchev–Trinajstić information content (AvgIpc) is 2.73. The minimum atomic E-state index is -0.190. The fourth-order valence-corrected chi connectivity index (χ4v) is 1.82. The number of guanidine groups is 1. The average molecular weight is 235 g/mol. The van der Waals surface area contributed by atoms with Gasteiger partial charge in [-0.15, -0.1) is 0 Å².